The summed E-state index contributed by atoms with van der Waals surface area (Å²) in [5.41, 5.74) is 5.43. The molecule has 0 aliphatic carbocycles. The van der Waals surface area contributed by atoms with Gasteiger partial charge in [0.1, 0.15) is 0 Å². The molecule has 0 aromatic carbocycles. The van der Waals surface area contributed by atoms with Crippen LogP contribution in [-0.4, -0.2) is 48.1 Å². The number of hydrogen-bond acceptors (Lipinski definition) is 4. The maximum atomic E-state index is 11.7. The Morgan fingerprint density at radius 3 is 2.91 bits per heavy atom. The third-order valence-electron chi connectivity index (χ3n) is 4.28. The summed E-state index contributed by atoms with van der Waals surface area (Å²) in [5, 5.41) is 9.40. The zero-order valence-electron chi connectivity index (χ0n) is 13.1. The Bertz CT molecular complexity index is 381. The average molecular weight is 328 g/mol. The molecule has 0 spiro atoms. The molecule has 3 amide bonds. The molecule has 2 heterocycles. The summed E-state index contributed by atoms with van der Waals surface area (Å²) in [7, 11) is 0. The fraction of sp³-hybridized carbons (Fsp3) is 0.867. The molecule has 3 atom stereocenters. The first kappa shape index (κ1) is 17.4. The Kier molecular flexibility index (Phi) is 7.32. The number of nitrogens with one attached hydrogen (secondary N) is 3. The van der Waals surface area contributed by atoms with Gasteiger partial charge in [0.25, 0.3) is 0 Å². The smallest absolute Gasteiger partial charge is 0.315 e. The van der Waals surface area contributed by atoms with Crippen LogP contribution >= 0.6 is 11.8 Å². The molecule has 6 nitrogen and oxygen atoms in total. The second-order valence-corrected chi connectivity index (χ2v) is 7.34. The summed E-state index contributed by atoms with van der Waals surface area (Å²) >= 11 is 1.93. The van der Waals surface area contributed by atoms with E-state index in [1.165, 1.54) is 0 Å². The molecule has 0 saturated carbocycles. The molecular formula is C15H28N4O2S. The van der Waals surface area contributed by atoms with Gasteiger partial charge in [-0.2, -0.15) is 11.8 Å². The van der Waals surface area contributed by atoms with Crippen LogP contribution < -0.4 is 21.7 Å². The van der Waals surface area contributed by atoms with Crippen LogP contribution in [0.1, 0.15) is 44.9 Å². The first-order valence-corrected chi connectivity index (χ1v) is 9.41. The fourth-order valence-corrected chi connectivity index (χ4v) is 4.58. The first-order valence-electron chi connectivity index (χ1n) is 8.36. The van der Waals surface area contributed by atoms with E-state index in [2.05, 4.69) is 16.0 Å². The molecule has 0 radical (unpaired) electrons. The SMILES string of the molecule is NCCCCCNC(=O)CCCCC1SC[C@@H]2NC(=O)N[C@H]12. The monoisotopic (exact) mass is 328 g/mol. The number of urea groups is 1. The molecule has 2 rings (SSSR count). The molecule has 2 aliphatic rings. The summed E-state index contributed by atoms with van der Waals surface area (Å²) in [6, 6.07) is 0.530. The minimum Gasteiger partial charge on any atom is -0.356 e. The zero-order valence-corrected chi connectivity index (χ0v) is 13.9. The van der Waals surface area contributed by atoms with Gasteiger partial charge in [-0.15, -0.1) is 0 Å². The molecule has 0 aromatic rings. The predicted molar refractivity (Wildman–Crippen MR) is 89.9 cm³/mol. The maximum absolute atomic E-state index is 11.7. The summed E-state index contributed by atoms with van der Waals surface area (Å²) in [5.74, 6) is 1.15. The lowest BCUT2D eigenvalue weighted by Gasteiger charge is -2.16. The topological polar surface area (TPSA) is 96.2 Å². The molecule has 7 heteroatoms. The van der Waals surface area contributed by atoms with Crippen LogP contribution in [0.25, 0.3) is 0 Å². The van der Waals surface area contributed by atoms with Crippen LogP contribution in [0.3, 0.4) is 0 Å². The normalized spacial score (nSPS) is 26.4. The minimum absolute atomic E-state index is 0.0330. The molecule has 22 heavy (non-hydrogen) atoms. The first-order chi connectivity index (χ1) is 10.7. The molecule has 2 aliphatic heterocycles. The van der Waals surface area contributed by atoms with Gasteiger partial charge in [-0.25, -0.2) is 4.79 Å². The van der Waals surface area contributed by atoms with Crippen molar-refractivity contribution in [3.05, 3.63) is 0 Å². The number of carbonyl (C=O) groups is 2. The third kappa shape index (κ3) is 5.35. The van der Waals surface area contributed by atoms with Crippen molar-refractivity contribution in [3.8, 4) is 0 Å². The van der Waals surface area contributed by atoms with Gasteiger partial charge in [-0.05, 0) is 32.2 Å². The van der Waals surface area contributed by atoms with Gasteiger partial charge in [0.05, 0.1) is 12.1 Å². The lowest BCUT2D eigenvalue weighted by Crippen LogP contribution is -2.36. The van der Waals surface area contributed by atoms with Crippen molar-refractivity contribution in [1.29, 1.82) is 0 Å². The van der Waals surface area contributed by atoms with Gasteiger partial charge in [-0.1, -0.05) is 12.8 Å². The van der Waals surface area contributed by atoms with Crippen molar-refractivity contribution in [2.24, 2.45) is 5.73 Å². The minimum atomic E-state index is -0.0330. The van der Waals surface area contributed by atoms with E-state index in [4.69, 9.17) is 5.73 Å². The molecular weight excluding hydrogens is 300 g/mol. The Hall–Kier alpha value is -0.950. The highest BCUT2D eigenvalue weighted by molar-refractivity contribution is 8.00. The number of hydrogen-bond donors (Lipinski definition) is 4. The van der Waals surface area contributed by atoms with Gasteiger partial charge in [0, 0.05) is 24.0 Å². The third-order valence-corrected chi connectivity index (χ3v) is 5.79. The fourth-order valence-electron chi connectivity index (χ4n) is 3.04. The van der Waals surface area contributed by atoms with Crippen LogP contribution in [0.2, 0.25) is 0 Å². The second kappa shape index (κ2) is 9.25. The number of thioether (sulfide) groups is 1. The van der Waals surface area contributed by atoms with Crippen molar-refractivity contribution in [1.82, 2.24) is 16.0 Å². The van der Waals surface area contributed by atoms with Crippen LogP contribution in [0.5, 0.6) is 0 Å². The Morgan fingerprint density at radius 1 is 1.23 bits per heavy atom. The lowest BCUT2D eigenvalue weighted by molar-refractivity contribution is -0.121. The van der Waals surface area contributed by atoms with Gasteiger partial charge in [-0.3, -0.25) is 4.79 Å². The number of nitrogens with two attached hydrogens (primary N) is 1. The van der Waals surface area contributed by atoms with E-state index >= 15 is 0 Å². The van der Waals surface area contributed by atoms with E-state index < -0.39 is 0 Å². The molecule has 1 unspecified atom stereocenters. The van der Waals surface area contributed by atoms with Crippen LogP contribution in [-0.2, 0) is 4.79 Å². The maximum Gasteiger partial charge on any atom is 0.315 e. The highest BCUT2D eigenvalue weighted by Gasteiger charge is 2.42. The predicted octanol–water partition coefficient (Wildman–Crippen LogP) is 0.957. The van der Waals surface area contributed by atoms with Crippen molar-refractivity contribution in [2.45, 2.75) is 62.3 Å². The summed E-state index contributed by atoms with van der Waals surface area (Å²) < 4.78 is 0. The van der Waals surface area contributed by atoms with Gasteiger partial charge in [0.2, 0.25) is 5.91 Å². The van der Waals surface area contributed by atoms with E-state index in [9.17, 15) is 9.59 Å². The van der Waals surface area contributed by atoms with Crippen LogP contribution in [0, 0.1) is 0 Å². The quantitative estimate of drug-likeness (QED) is 0.355. The Morgan fingerprint density at radius 2 is 2.09 bits per heavy atom. The highest BCUT2D eigenvalue weighted by atomic mass is 32.2. The standard InChI is InChI=1S/C15H28N4O2S/c16-8-4-1-5-9-17-13(20)7-3-2-6-12-14-11(10-22-12)18-15(21)19-14/h11-12,14H,1-10,16H2,(H,17,20)(H2,18,19,21)/t11-,12?,14-/m0/s1. The molecule has 5 N–H and O–H groups in total. The average Bonchev–Trinajstić information content (AvgIpc) is 3.03. The van der Waals surface area contributed by atoms with Crippen LogP contribution in [0.15, 0.2) is 0 Å². The van der Waals surface area contributed by atoms with E-state index in [0.29, 0.717) is 17.7 Å². The Balaban J connectivity index is 1.49. The number of fused-ring (bicyclic) bond motifs is 1. The van der Waals surface area contributed by atoms with Crippen LogP contribution in [0.4, 0.5) is 4.79 Å². The largest absolute Gasteiger partial charge is 0.356 e. The van der Waals surface area contributed by atoms with Gasteiger partial charge < -0.3 is 21.7 Å². The number of rotatable bonds is 10. The van der Waals surface area contributed by atoms with Gasteiger partial charge in [0.15, 0.2) is 0 Å². The van der Waals surface area contributed by atoms with Crippen molar-refractivity contribution < 1.29 is 9.59 Å². The van der Waals surface area contributed by atoms with E-state index in [1.54, 1.807) is 0 Å². The highest BCUT2D eigenvalue weighted by Crippen LogP contribution is 2.33. The van der Waals surface area contributed by atoms with Crippen molar-refractivity contribution in [2.75, 3.05) is 18.8 Å². The number of carbonyl (C=O) groups excluding carboxylic acids is 2. The number of unbranched alkanes of at least 4 members (excludes halogenated alkanes) is 3. The lowest BCUT2D eigenvalue weighted by atomic mass is 10.0. The molecule has 0 aromatic heterocycles. The molecule has 2 saturated heterocycles. The summed E-state index contributed by atoms with van der Waals surface area (Å²) in [6.45, 7) is 1.49. The molecule has 0 bridgehead atoms. The number of amides is 3. The Labute approximate surface area is 136 Å². The summed E-state index contributed by atoms with van der Waals surface area (Å²) in [4.78, 5) is 23.0. The second-order valence-electron chi connectivity index (χ2n) is 6.07. The molecule has 126 valence electrons. The van der Waals surface area contributed by atoms with E-state index in [0.717, 1.165) is 57.4 Å². The van der Waals surface area contributed by atoms with E-state index in [1.807, 2.05) is 11.8 Å². The molecule has 2 fully saturated rings. The van der Waals surface area contributed by atoms with Gasteiger partial charge >= 0.3 is 6.03 Å². The van der Waals surface area contributed by atoms with E-state index in [-0.39, 0.29) is 18.0 Å². The van der Waals surface area contributed by atoms with Crippen molar-refractivity contribution in [3.63, 3.8) is 0 Å². The van der Waals surface area contributed by atoms with Crippen molar-refractivity contribution >= 4 is 23.7 Å². The zero-order chi connectivity index (χ0) is 15.8. The summed E-state index contributed by atoms with van der Waals surface area (Å²) in [6.07, 6.45) is 6.75.